The van der Waals surface area contributed by atoms with Gasteiger partial charge in [0.15, 0.2) is 0 Å². The number of pyridine rings is 2. The second-order valence-electron chi connectivity index (χ2n) is 8.80. The third-order valence-electron chi connectivity index (χ3n) is 4.14. The average Bonchev–Trinajstić information content (AvgIpc) is 2.82. The number of anilines is 1. The summed E-state index contributed by atoms with van der Waals surface area (Å²) in [6, 6.07) is 10.1. The van der Waals surface area contributed by atoms with Crippen LogP contribution in [-0.2, 0) is 0 Å². The van der Waals surface area contributed by atoms with Gasteiger partial charge in [0.2, 0.25) is 0 Å². The molecule has 138 valence electrons. The first kappa shape index (κ1) is 18.9. The van der Waals surface area contributed by atoms with Gasteiger partial charge in [-0.25, -0.2) is 4.98 Å². The van der Waals surface area contributed by atoms with Crippen molar-refractivity contribution < 1.29 is 0 Å². The van der Waals surface area contributed by atoms with E-state index in [4.69, 9.17) is 9.97 Å². The largest absolute Gasteiger partial charge is 0.364 e. The predicted octanol–water partition coefficient (Wildman–Crippen LogP) is 6.09. The minimum Gasteiger partial charge on any atom is -0.364 e. The Balaban J connectivity index is 2.15. The van der Waals surface area contributed by atoms with Crippen LogP contribution in [0.4, 0.5) is 5.82 Å². The molecule has 0 spiro atoms. The Bertz CT molecular complexity index is 935. The highest BCUT2D eigenvalue weighted by molar-refractivity contribution is 9.10. The highest BCUT2D eigenvalue weighted by Gasteiger charge is 2.28. The molecule has 0 aliphatic carbocycles. The number of aromatic nitrogens is 3. The Morgan fingerprint density at radius 1 is 1.04 bits per heavy atom. The zero-order chi connectivity index (χ0) is 19.1. The molecule has 0 radical (unpaired) electrons. The number of nitrogens with one attached hydrogen (secondary N) is 1. The highest BCUT2D eigenvalue weighted by atomic mass is 79.9. The van der Waals surface area contributed by atoms with Crippen LogP contribution in [0.3, 0.4) is 0 Å². The standard InChI is InChI=1S/C21H27BrN4/c1-14-8-7-9-16(23-14)18-19(25-21(5,6)13-20(2,3)4)26-12-15(22)10-11-17(26)24-18/h7-12,25H,13H2,1-6H3. The van der Waals surface area contributed by atoms with E-state index in [9.17, 15) is 0 Å². The predicted molar refractivity (Wildman–Crippen MR) is 113 cm³/mol. The van der Waals surface area contributed by atoms with Crippen LogP contribution in [-0.4, -0.2) is 19.9 Å². The van der Waals surface area contributed by atoms with Crippen molar-refractivity contribution >= 4 is 27.4 Å². The lowest BCUT2D eigenvalue weighted by Crippen LogP contribution is -2.36. The van der Waals surface area contributed by atoms with E-state index in [0.717, 1.165) is 39.4 Å². The molecule has 0 saturated heterocycles. The molecule has 0 aliphatic heterocycles. The maximum absolute atomic E-state index is 4.86. The van der Waals surface area contributed by atoms with E-state index in [1.54, 1.807) is 0 Å². The van der Waals surface area contributed by atoms with Crippen LogP contribution < -0.4 is 5.32 Å². The Labute approximate surface area is 164 Å². The molecule has 3 rings (SSSR count). The first-order valence-corrected chi connectivity index (χ1v) is 9.73. The Morgan fingerprint density at radius 2 is 1.77 bits per heavy atom. The molecule has 0 bridgehead atoms. The Morgan fingerprint density at radius 3 is 2.42 bits per heavy atom. The summed E-state index contributed by atoms with van der Waals surface area (Å²) < 4.78 is 3.12. The van der Waals surface area contributed by atoms with Crippen LogP contribution in [0.15, 0.2) is 41.0 Å². The smallest absolute Gasteiger partial charge is 0.140 e. The van der Waals surface area contributed by atoms with E-state index >= 15 is 0 Å². The van der Waals surface area contributed by atoms with Crippen LogP contribution in [0.25, 0.3) is 17.0 Å². The normalized spacial score (nSPS) is 12.6. The van der Waals surface area contributed by atoms with Gasteiger partial charge in [-0.15, -0.1) is 0 Å². The van der Waals surface area contributed by atoms with Gasteiger partial charge in [-0.2, -0.15) is 0 Å². The van der Waals surface area contributed by atoms with E-state index in [-0.39, 0.29) is 11.0 Å². The van der Waals surface area contributed by atoms with Gasteiger partial charge in [-0.1, -0.05) is 26.8 Å². The van der Waals surface area contributed by atoms with E-state index in [0.29, 0.717) is 0 Å². The number of hydrogen-bond acceptors (Lipinski definition) is 3. The summed E-state index contributed by atoms with van der Waals surface area (Å²) in [4.78, 5) is 9.56. The van der Waals surface area contributed by atoms with Crippen molar-refractivity contribution in [2.24, 2.45) is 5.41 Å². The van der Waals surface area contributed by atoms with Crippen molar-refractivity contribution in [2.45, 2.75) is 53.5 Å². The number of halogens is 1. The first-order valence-electron chi connectivity index (χ1n) is 8.94. The van der Waals surface area contributed by atoms with Gasteiger partial charge in [0.05, 0.1) is 5.69 Å². The number of aryl methyl sites for hydroxylation is 1. The first-order chi connectivity index (χ1) is 12.0. The summed E-state index contributed by atoms with van der Waals surface area (Å²) in [6.45, 7) is 13.3. The summed E-state index contributed by atoms with van der Waals surface area (Å²) in [5.74, 6) is 0.980. The topological polar surface area (TPSA) is 42.2 Å². The molecule has 0 saturated carbocycles. The second kappa shape index (κ2) is 6.69. The van der Waals surface area contributed by atoms with Gasteiger partial charge in [-0.05, 0) is 72.8 Å². The molecule has 0 atom stereocenters. The molecule has 26 heavy (non-hydrogen) atoms. The second-order valence-corrected chi connectivity index (χ2v) is 9.71. The van der Waals surface area contributed by atoms with Crippen molar-refractivity contribution in [1.82, 2.24) is 14.4 Å². The number of nitrogens with zero attached hydrogens (tertiary/aromatic N) is 3. The van der Waals surface area contributed by atoms with Crippen LogP contribution in [0.2, 0.25) is 0 Å². The summed E-state index contributed by atoms with van der Waals surface area (Å²) in [5.41, 5.74) is 3.79. The molecular weight excluding hydrogens is 388 g/mol. The van der Waals surface area contributed by atoms with Gasteiger partial charge in [0.25, 0.3) is 0 Å². The van der Waals surface area contributed by atoms with Crippen molar-refractivity contribution in [3.8, 4) is 11.4 Å². The molecule has 0 unspecified atom stereocenters. The zero-order valence-corrected chi connectivity index (χ0v) is 18.0. The number of imidazole rings is 1. The van der Waals surface area contributed by atoms with Crippen molar-refractivity contribution in [2.75, 3.05) is 5.32 Å². The molecule has 0 amide bonds. The van der Waals surface area contributed by atoms with E-state index in [2.05, 4.69) is 66.5 Å². The molecule has 0 aromatic carbocycles. The zero-order valence-electron chi connectivity index (χ0n) is 16.4. The van der Waals surface area contributed by atoms with E-state index < -0.39 is 0 Å². The minimum atomic E-state index is -0.0882. The van der Waals surface area contributed by atoms with Crippen molar-refractivity contribution in [3.05, 3.63) is 46.7 Å². The quantitative estimate of drug-likeness (QED) is 0.560. The molecule has 5 heteroatoms. The lowest BCUT2D eigenvalue weighted by atomic mass is 9.82. The summed E-state index contributed by atoms with van der Waals surface area (Å²) >= 11 is 3.58. The Kier molecular flexibility index (Phi) is 4.86. The fraction of sp³-hybridized carbons (Fsp3) is 0.429. The molecule has 0 fully saturated rings. The molecule has 3 aromatic rings. The van der Waals surface area contributed by atoms with Crippen LogP contribution in [0.1, 0.15) is 46.7 Å². The van der Waals surface area contributed by atoms with Gasteiger partial charge >= 0.3 is 0 Å². The summed E-state index contributed by atoms with van der Waals surface area (Å²) in [6.07, 6.45) is 3.08. The van der Waals surface area contributed by atoms with Crippen LogP contribution in [0, 0.1) is 12.3 Å². The molecule has 1 N–H and O–H groups in total. The lowest BCUT2D eigenvalue weighted by Gasteiger charge is -2.34. The fourth-order valence-electron chi connectivity index (χ4n) is 3.68. The molecule has 3 aromatic heterocycles. The van der Waals surface area contributed by atoms with Crippen molar-refractivity contribution in [1.29, 1.82) is 0 Å². The SMILES string of the molecule is Cc1cccc(-c2nc3ccc(Br)cn3c2NC(C)(C)CC(C)(C)C)n1. The molecular formula is C21H27BrN4. The lowest BCUT2D eigenvalue weighted by molar-refractivity contribution is 0.302. The maximum Gasteiger partial charge on any atom is 0.140 e. The monoisotopic (exact) mass is 414 g/mol. The van der Waals surface area contributed by atoms with Crippen LogP contribution >= 0.6 is 15.9 Å². The van der Waals surface area contributed by atoms with Crippen LogP contribution in [0.5, 0.6) is 0 Å². The Hall–Kier alpha value is -1.88. The third kappa shape index (κ3) is 4.26. The van der Waals surface area contributed by atoms with E-state index in [1.165, 1.54) is 0 Å². The fourth-order valence-corrected chi connectivity index (χ4v) is 4.02. The number of hydrogen-bond donors (Lipinski definition) is 1. The number of fused-ring (bicyclic) bond motifs is 1. The molecule has 3 heterocycles. The van der Waals surface area contributed by atoms with Gasteiger partial charge < -0.3 is 5.32 Å². The van der Waals surface area contributed by atoms with Gasteiger partial charge in [0.1, 0.15) is 17.2 Å². The summed E-state index contributed by atoms with van der Waals surface area (Å²) in [5, 5.41) is 3.75. The third-order valence-corrected chi connectivity index (χ3v) is 4.61. The van der Waals surface area contributed by atoms with Crippen molar-refractivity contribution in [3.63, 3.8) is 0 Å². The molecule has 0 aliphatic rings. The maximum atomic E-state index is 4.86. The number of rotatable bonds is 4. The molecule has 4 nitrogen and oxygen atoms in total. The highest BCUT2D eigenvalue weighted by Crippen LogP contribution is 2.34. The minimum absolute atomic E-state index is 0.0882. The summed E-state index contributed by atoms with van der Waals surface area (Å²) in [7, 11) is 0. The van der Waals surface area contributed by atoms with E-state index in [1.807, 2.05) is 37.3 Å². The van der Waals surface area contributed by atoms with Gasteiger partial charge in [0, 0.05) is 21.9 Å². The average molecular weight is 415 g/mol. The van der Waals surface area contributed by atoms with Gasteiger partial charge in [-0.3, -0.25) is 9.38 Å².